The quantitative estimate of drug-likeness (QED) is 0.325. The van der Waals surface area contributed by atoms with Gasteiger partial charge in [0.05, 0.1) is 29.6 Å². The highest BCUT2D eigenvalue weighted by Crippen LogP contribution is 2.31. The van der Waals surface area contributed by atoms with E-state index < -0.39 is 11.7 Å². The van der Waals surface area contributed by atoms with Crippen LogP contribution in [0.15, 0.2) is 36.5 Å². The third-order valence-corrected chi connectivity index (χ3v) is 8.22. The summed E-state index contributed by atoms with van der Waals surface area (Å²) in [5.41, 5.74) is 1.04. The Bertz CT molecular complexity index is 1660. The molecule has 5 rings (SSSR count). The molecule has 2 fully saturated rings. The SMILES string of the molecule is COc1ccc(-c2cnc(C(=O)Nc3ccc(C(=O)N4CCN(C(=O)C[C@@H]5CCNC5)CC4)c(Cl)c3)n2C)c(C#N)c1F.O=CO. The van der Waals surface area contributed by atoms with Gasteiger partial charge in [0.2, 0.25) is 5.91 Å². The van der Waals surface area contributed by atoms with Gasteiger partial charge in [-0.1, -0.05) is 11.6 Å². The largest absolute Gasteiger partial charge is 0.494 e. The minimum absolute atomic E-state index is 0.0167. The van der Waals surface area contributed by atoms with Crippen molar-refractivity contribution in [1.82, 2.24) is 24.7 Å². The van der Waals surface area contributed by atoms with Crippen molar-refractivity contribution < 1.29 is 33.4 Å². The van der Waals surface area contributed by atoms with Crippen LogP contribution in [-0.4, -0.2) is 95.0 Å². The topological polar surface area (TPSA) is 170 Å². The number of anilines is 1. The number of imidazole rings is 1. The predicted molar refractivity (Wildman–Crippen MR) is 166 cm³/mol. The molecule has 0 spiro atoms. The lowest BCUT2D eigenvalue weighted by Gasteiger charge is -2.35. The van der Waals surface area contributed by atoms with Gasteiger partial charge in [-0.05, 0) is 55.8 Å². The predicted octanol–water partition coefficient (Wildman–Crippen LogP) is 3.00. The van der Waals surface area contributed by atoms with Crippen LogP contribution >= 0.6 is 11.6 Å². The number of aromatic nitrogens is 2. The van der Waals surface area contributed by atoms with E-state index in [2.05, 4.69) is 15.6 Å². The van der Waals surface area contributed by atoms with Crippen LogP contribution in [0.1, 0.15) is 39.4 Å². The first kappa shape index (κ1) is 33.9. The van der Waals surface area contributed by atoms with Gasteiger partial charge >= 0.3 is 0 Å². The summed E-state index contributed by atoms with van der Waals surface area (Å²) in [7, 11) is 2.88. The van der Waals surface area contributed by atoms with Crippen molar-refractivity contribution in [1.29, 1.82) is 5.26 Å². The molecule has 242 valence electrons. The first-order chi connectivity index (χ1) is 22.1. The van der Waals surface area contributed by atoms with Gasteiger partial charge in [0.15, 0.2) is 17.4 Å². The summed E-state index contributed by atoms with van der Waals surface area (Å²) in [5, 5.41) is 22.6. The average molecular weight is 654 g/mol. The van der Waals surface area contributed by atoms with Gasteiger partial charge in [-0.2, -0.15) is 5.26 Å². The molecule has 3 heterocycles. The van der Waals surface area contributed by atoms with Crippen molar-refractivity contribution >= 4 is 41.5 Å². The molecule has 3 amide bonds. The van der Waals surface area contributed by atoms with Crippen molar-refractivity contribution in [2.24, 2.45) is 13.0 Å². The lowest BCUT2D eigenvalue weighted by Crippen LogP contribution is -2.51. The third-order valence-electron chi connectivity index (χ3n) is 7.91. The van der Waals surface area contributed by atoms with Crippen LogP contribution in [0.4, 0.5) is 10.1 Å². The molecule has 3 aromatic rings. The van der Waals surface area contributed by atoms with E-state index in [-0.39, 0.29) is 46.0 Å². The van der Waals surface area contributed by atoms with Crippen LogP contribution < -0.4 is 15.4 Å². The van der Waals surface area contributed by atoms with E-state index in [0.717, 1.165) is 19.5 Å². The van der Waals surface area contributed by atoms with E-state index in [9.17, 15) is 24.0 Å². The van der Waals surface area contributed by atoms with Crippen molar-refractivity contribution in [2.45, 2.75) is 12.8 Å². The summed E-state index contributed by atoms with van der Waals surface area (Å²) in [6, 6.07) is 9.38. The minimum atomic E-state index is -0.800. The van der Waals surface area contributed by atoms with Gasteiger partial charge in [0.25, 0.3) is 18.3 Å². The van der Waals surface area contributed by atoms with Crippen molar-refractivity contribution in [3.05, 3.63) is 64.3 Å². The summed E-state index contributed by atoms with van der Waals surface area (Å²) in [6.07, 6.45) is 2.92. The number of piperazine rings is 1. The van der Waals surface area contributed by atoms with Gasteiger partial charge in [-0.15, -0.1) is 0 Å². The number of carboxylic acid groups (broad SMARTS) is 1. The molecule has 3 N–H and O–H groups in total. The number of methoxy groups -OCH3 is 1. The Morgan fingerprint density at radius 1 is 1.22 bits per heavy atom. The zero-order chi connectivity index (χ0) is 33.4. The van der Waals surface area contributed by atoms with E-state index in [1.54, 1.807) is 24.1 Å². The number of nitrogens with one attached hydrogen (secondary N) is 2. The van der Waals surface area contributed by atoms with Crippen LogP contribution in [0, 0.1) is 23.1 Å². The normalized spacial score (nSPS) is 15.8. The highest BCUT2D eigenvalue weighted by atomic mass is 35.5. The Morgan fingerprint density at radius 2 is 1.91 bits per heavy atom. The summed E-state index contributed by atoms with van der Waals surface area (Å²) in [5.74, 6) is -1.16. The molecule has 2 aromatic carbocycles. The van der Waals surface area contributed by atoms with Gasteiger partial charge in [0.1, 0.15) is 11.6 Å². The van der Waals surface area contributed by atoms with Gasteiger partial charge in [-0.25, -0.2) is 9.37 Å². The maximum Gasteiger partial charge on any atom is 0.291 e. The zero-order valence-electron chi connectivity index (χ0n) is 25.3. The van der Waals surface area contributed by atoms with Crippen LogP contribution in [0.2, 0.25) is 5.02 Å². The smallest absolute Gasteiger partial charge is 0.291 e. The Hall–Kier alpha value is -5.00. The number of hydrogen-bond donors (Lipinski definition) is 3. The lowest BCUT2D eigenvalue weighted by molar-refractivity contribution is -0.133. The molecule has 0 saturated carbocycles. The number of hydrogen-bond acceptors (Lipinski definition) is 8. The van der Waals surface area contributed by atoms with E-state index >= 15 is 0 Å². The molecule has 2 aliphatic rings. The second-order valence-corrected chi connectivity index (χ2v) is 11.0. The first-order valence-electron chi connectivity index (χ1n) is 14.4. The molecular formula is C31H33ClFN7O6. The van der Waals surface area contributed by atoms with E-state index in [1.165, 1.54) is 36.1 Å². The van der Waals surface area contributed by atoms with E-state index in [4.69, 9.17) is 26.2 Å². The molecule has 0 unspecified atom stereocenters. The minimum Gasteiger partial charge on any atom is -0.494 e. The molecular weight excluding hydrogens is 621 g/mol. The van der Waals surface area contributed by atoms with E-state index in [0.29, 0.717) is 55.5 Å². The van der Waals surface area contributed by atoms with Gasteiger partial charge in [-0.3, -0.25) is 19.2 Å². The molecule has 46 heavy (non-hydrogen) atoms. The molecule has 1 aromatic heterocycles. The second kappa shape index (κ2) is 15.3. The Labute approximate surface area is 269 Å². The Morgan fingerprint density at radius 3 is 2.52 bits per heavy atom. The fourth-order valence-electron chi connectivity index (χ4n) is 5.46. The number of halogens is 2. The average Bonchev–Trinajstić information content (AvgIpc) is 3.70. The van der Waals surface area contributed by atoms with Gasteiger partial charge in [0, 0.05) is 50.9 Å². The number of nitrogens with zero attached hydrogens (tertiary/aromatic N) is 5. The highest BCUT2D eigenvalue weighted by Gasteiger charge is 2.28. The number of carbonyl (C=O) groups is 4. The Kier molecular flexibility index (Phi) is 11.3. The molecule has 15 heteroatoms. The summed E-state index contributed by atoms with van der Waals surface area (Å²) in [6.45, 7) is 3.34. The maximum atomic E-state index is 14.7. The molecule has 0 radical (unpaired) electrons. The monoisotopic (exact) mass is 653 g/mol. The summed E-state index contributed by atoms with van der Waals surface area (Å²) in [4.78, 5) is 54.9. The molecule has 0 bridgehead atoms. The number of nitriles is 1. The maximum absolute atomic E-state index is 14.7. The van der Waals surface area contributed by atoms with Crippen LogP contribution in [0.3, 0.4) is 0 Å². The fraction of sp³-hybridized carbons (Fsp3) is 0.355. The number of carbonyl (C=O) groups excluding carboxylic acids is 3. The van der Waals surface area contributed by atoms with Crippen LogP contribution in [-0.2, 0) is 16.6 Å². The number of amides is 3. The fourth-order valence-corrected chi connectivity index (χ4v) is 5.72. The third kappa shape index (κ3) is 7.44. The second-order valence-electron chi connectivity index (χ2n) is 10.6. The molecule has 0 aliphatic carbocycles. The standard InChI is InChI=1S/C30H31ClFN7O4.CH2O2/c1-37-24(20-5-6-25(43-2)27(32)22(20)15-33)17-35-28(37)29(41)36-19-3-4-21(23(31)14-19)30(42)39-11-9-38(10-12-39)26(40)13-18-7-8-34-16-18;2-1-3/h3-6,14,17-18,34H,7-13,16H2,1-2H3,(H,36,41);1H,(H,2,3)/t18-;/m0./s1. The highest BCUT2D eigenvalue weighted by molar-refractivity contribution is 6.34. The first-order valence-corrected chi connectivity index (χ1v) is 14.8. The Balaban J connectivity index is 0.00000154. The molecule has 2 aliphatic heterocycles. The van der Waals surface area contributed by atoms with E-state index in [1.807, 2.05) is 11.0 Å². The van der Waals surface area contributed by atoms with Crippen molar-refractivity contribution in [3.8, 4) is 23.1 Å². The van der Waals surface area contributed by atoms with Crippen molar-refractivity contribution in [3.63, 3.8) is 0 Å². The summed E-state index contributed by atoms with van der Waals surface area (Å²) >= 11 is 6.47. The number of ether oxygens (including phenoxy) is 1. The van der Waals surface area contributed by atoms with Crippen LogP contribution in [0.25, 0.3) is 11.3 Å². The van der Waals surface area contributed by atoms with Crippen molar-refractivity contribution in [2.75, 3.05) is 51.7 Å². The zero-order valence-corrected chi connectivity index (χ0v) is 26.0. The summed E-state index contributed by atoms with van der Waals surface area (Å²) < 4.78 is 21.1. The molecule has 1 atom stereocenters. The molecule has 2 saturated heterocycles. The molecule has 13 nitrogen and oxygen atoms in total. The number of rotatable bonds is 7. The van der Waals surface area contributed by atoms with Gasteiger partial charge < -0.3 is 34.8 Å². The lowest BCUT2D eigenvalue weighted by atomic mass is 10.0. The number of benzene rings is 2. The van der Waals surface area contributed by atoms with Crippen LogP contribution in [0.5, 0.6) is 5.75 Å².